The van der Waals surface area contributed by atoms with Crippen LogP contribution >= 0.6 is 23.2 Å². The zero-order chi connectivity index (χ0) is 16.3. The Kier molecular flexibility index (Phi) is 4.75. The van der Waals surface area contributed by atoms with Gasteiger partial charge in [-0.05, 0) is 24.3 Å². The molecule has 0 aliphatic rings. The van der Waals surface area contributed by atoms with E-state index in [-0.39, 0.29) is 44.2 Å². The molecule has 0 heterocycles. The number of phenolic OH excluding ortho intramolecular Hbond substituents is 4. The van der Waals surface area contributed by atoms with Crippen LogP contribution in [0.15, 0.2) is 34.5 Å². The molecule has 0 spiro atoms. The Morgan fingerprint density at radius 3 is 1.41 bits per heavy atom. The quantitative estimate of drug-likeness (QED) is 0.508. The molecule has 0 amide bonds. The molecule has 0 radical (unpaired) electrons. The van der Waals surface area contributed by atoms with Crippen LogP contribution in [0.2, 0.25) is 10.0 Å². The fourth-order valence-corrected chi connectivity index (χ4v) is 1.88. The minimum absolute atomic E-state index is 0.184. The van der Waals surface area contributed by atoms with Gasteiger partial charge in [-0.3, -0.25) is 0 Å². The molecule has 0 saturated heterocycles. The highest BCUT2D eigenvalue weighted by molar-refractivity contribution is 6.34. The molecule has 0 bridgehead atoms. The number of rotatable bonds is 3. The molecule has 114 valence electrons. The summed E-state index contributed by atoms with van der Waals surface area (Å²) in [5, 5.41) is 45.0. The summed E-state index contributed by atoms with van der Waals surface area (Å²) in [5.74, 6) is -1.14. The fourth-order valence-electron chi connectivity index (χ4n) is 1.54. The first kappa shape index (κ1) is 15.9. The molecule has 8 heteroatoms. The second-order valence-corrected chi connectivity index (χ2v) is 4.92. The van der Waals surface area contributed by atoms with Crippen molar-refractivity contribution in [3.63, 3.8) is 0 Å². The van der Waals surface area contributed by atoms with E-state index < -0.39 is 0 Å². The molecule has 0 aliphatic heterocycles. The summed E-state index contributed by atoms with van der Waals surface area (Å²) in [5.41, 5.74) is 0.515. The van der Waals surface area contributed by atoms with E-state index in [1.165, 1.54) is 36.7 Å². The third-order valence-electron chi connectivity index (χ3n) is 2.71. The van der Waals surface area contributed by atoms with Crippen LogP contribution in [0.4, 0.5) is 0 Å². The van der Waals surface area contributed by atoms with E-state index in [0.29, 0.717) is 0 Å². The van der Waals surface area contributed by atoms with Crippen molar-refractivity contribution in [1.29, 1.82) is 0 Å². The number of nitrogens with zero attached hydrogens (tertiary/aromatic N) is 2. The molecule has 0 aromatic heterocycles. The molecule has 2 aromatic carbocycles. The standard InChI is InChI=1S/C14H10Cl2N2O4/c15-11-9(19)3-1-7(13(11)21)5-17-18-6-8-2-4-10(20)12(16)14(8)22/h1-6,19-22H/b17-5+,18-6+. The zero-order valence-electron chi connectivity index (χ0n) is 10.9. The van der Waals surface area contributed by atoms with Gasteiger partial charge in [0, 0.05) is 11.1 Å². The summed E-state index contributed by atoms with van der Waals surface area (Å²) in [6.45, 7) is 0. The molecule has 22 heavy (non-hydrogen) atoms. The Hall–Kier alpha value is -2.44. The maximum absolute atomic E-state index is 9.69. The summed E-state index contributed by atoms with van der Waals surface area (Å²) >= 11 is 11.3. The number of benzene rings is 2. The van der Waals surface area contributed by atoms with Crippen molar-refractivity contribution in [2.75, 3.05) is 0 Å². The van der Waals surface area contributed by atoms with Crippen molar-refractivity contribution in [3.05, 3.63) is 45.4 Å². The summed E-state index contributed by atoms with van der Waals surface area (Å²) < 4.78 is 0. The largest absolute Gasteiger partial charge is 0.506 e. The normalized spacial score (nSPS) is 11.5. The monoisotopic (exact) mass is 340 g/mol. The first-order chi connectivity index (χ1) is 10.4. The minimum atomic E-state index is -0.323. The van der Waals surface area contributed by atoms with Gasteiger partial charge in [0.05, 0.1) is 12.4 Å². The maximum Gasteiger partial charge on any atom is 0.146 e. The van der Waals surface area contributed by atoms with Gasteiger partial charge in [0.15, 0.2) is 0 Å². The molecule has 0 unspecified atom stereocenters. The third-order valence-corrected chi connectivity index (χ3v) is 3.46. The Morgan fingerprint density at radius 2 is 1.05 bits per heavy atom. The number of hydrogen-bond acceptors (Lipinski definition) is 6. The van der Waals surface area contributed by atoms with E-state index in [4.69, 9.17) is 23.2 Å². The van der Waals surface area contributed by atoms with Crippen LogP contribution in [0, 0.1) is 0 Å². The van der Waals surface area contributed by atoms with Crippen LogP contribution in [0.3, 0.4) is 0 Å². The van der Waals surface area contributed by atoms with Gasteiger partial charge in [-0.1, -0.05) is 23.2 Å². The van der Waals surface area contributed by atoms with Crippen molar-refractivity contribution in [1.82, 2.24) is 0 Å². The lowest BCUT2D eigenvalue weighted by molar-refractivity contribution is 0.449. The minimum Gasteiger partial charge on any atom is -0.506 e. The Labute approximate surface area is 135 Å². The molecule has 6 nitrogen and oxygen atoms in total. The average molecular weight is 341 g/mol. The van der Waals surface area contributed by atoms with Gasteiger partial charge in [-0.25, -0.2) is 0 Å². The van der Waals surface area contributed by atoms with Gasteiger partial charge in [-0.2, -0.15) is 10.2 Å². The van der Waals surface area contributed by atoms with Gasteiger partial charge in [-0.15, -0.1) is 0 Å². The predicted molar refractivity (Wildman–Crippen MR) is 84.8 cm³/mol. The third kappa shape index (κ3) is 3.24. The summed E-state index contributed by atoms with van der Waals surface area (Å²) in [7, 11) is 0. The first-order valence-electron chi connectivity index (χ1n) is 5.89. The van der Waals surface area contributed by atoms with E-state index in [0.717, 1.165) is 0 Å². The summed E-state index contributed by atoms with van der Waals surface area (Å²) in [4.78, 5) is 0. The van der Waals surface area contributed by atoms with E-state index in [1.54, 1.807) is 0 Å². The molecular weight excluding hydrogens is 331 g/mol. The van der Waals surface area contributed by atoms with E-state index >= 15 is 0 Å². The van der Waals surface area contributed by atoms with Crippen LogP contribution in [-0.2, 0) is 0 Å². The van der Waals surface area contributed by atoms with Crippen molar-refractivity contribution in [2.24, 2.45) is 10.2 Å². The van der Waals surface area contributed by atoms with E-state index in [1.807, 2.05) is 0 Å². The number of hydrogen-bond donors (Lipinski definition) is 4. The first-order valence-corrected chi connectivity index (χ1v) is 6.64. The lowest BCUT2D eigenvalue weighted by atomic mass is 10.2. The van der Waals surface area contributed by atoms with Crippen LogP contribution in [0.25, 0.3) is 0 Å². The van der Waals surface area contributed by atoms with Crippen LogP contribution in [0.5, 0.6) is 23.0 Å². The summed E-state index contributed by atoms with van der Waals surface area (Å²) in [6.07, 6.45) is 2.44. The van der Waals surface area contributed by atoms with Crippen molar-refractivity contribution >= 4 is 35.6 Å². The molecule has 2 rings (SSSR count). The smallest absolute Gasteiger partial charge is 0.146 e. The number of phenols is 4. The highest BCUT2D eigenvalue weighted by atomic mass is 35.5. The van der Waals surface area contributed by atoms with Gasteiger partial charge in [0.25, 0.3) is 0 Å². The number of halogens is 2. The van der Waals surface area contributed by atoms with Crippen LogP contribution < -0.4 is 0 Å². The maximum atomic E-state index is 9.69. The van der Waals surface area contributed by atoms with Crippen molar-refractivity contribution < 1.29 is 20.4 Å². The Bertz CT molecular complexity index is 710. The molecule has 2 aromatic rings. The molecule has 0 fully saturated rings. The fraction of sp³-hybridized carbons (Fsp3) is 0. The van der Waals surface area contributed by atoms with Crippen molar-refractivity contribution in [3.8, 4) is 23.0 Å². The van der Waals surface area contributed by atoms with Crippen LogP contribution in [0.1, 0.15) is 11.1 Å². The lowest BCUT2D eigenvalue weighted by Gasteiger charge is -2.02. The summed E-state index contributed by atoms with van der Waals surface area (Å²) in [6, 6.07) is 5.42. The van der Waals surface area contributed by atoms with Gasteiger partial charge in [0.2, 0.25) is 0 Å². The highest BCUT2D eigenvalue weighted by Crippen LogP contribution is 2.35. The number of aromatic hydroxyl groups is 4. The highest BCUT2D eigenvalue weighted by Gasteiger charge is 2.09. The SMILES string of the molecule is Oc1ccc(/C=N/N=C/c2ccc(O)c(Cl)c2O)c(O)c1Cl. The van der Waals surface area contributed by atoms with Gasteiger partial charge < -0.3 is 20.4 Å². The lowest BCUT2D eigenvalue weighted by Crippen LogP contribution is -1.85. The van der Waals surface area contributed by atoms with E-state index in [2.05, 4.69) is 10.2 Å². The second kappa shape index (κ2) is 6.55. The zero-order valence-corrected chi connectivity index (χ0v) is 12.4. The molecule has 0 atom stereocenters. The van der Waals surface area contributed by atoms with Gasteiger partial charge >= 0.3 is 0 Å². The van der Waals surface area contributed by atoms with Crippen molar-refractivity contribution in [2.45, 2.75) is 0 Å². The Balaban J connectivity index is 2.20. The molecule has 0 aliphatic carbocycles. The average Bonchev–Trinajstić information content (AvgIpc) is 2.50. The van der Waals surface area contributed by atoms with Crippen LogP contribution in [-0.4, -0.2) is 32.9 Å². The molecular formula is C14H10Cl2N2O4. The Morgan fingerprint density at radius 1 is 0.682 bits per heavy atom. The van der Waals surface area contributed by atoms with E-state index in [9.17, 15) is 20.4 Å². The molecule has 4 N–H and O–H groups in total. The van der Waals surface area contributed by atoms with Gasteiger partial charge in [0.1, 0.15) is 33.0 Å². The second-order valence-electron chi connectivity index (χ2n) is 4.16. The topological polar surface area (TPSA) is 106 Å². The molecule has 0 saturated carbocycles. The predicted octanol–water partition coefficient (Wildman–Crippen LogP) is 3.27.